The second-order valence-electron chi connectivity index (χ2n) is 4.76. The van der Waals surface area contributed by atoms with E-state index >= 15 is 0 Å². The van der Waals surface area contributed by atoms with E-state index in [9.17, 15) is 9.18 Å². The molecule has 1 heterocycles. The monoisotopic (exact) mass is 251 g/mol. The summed E-state index contributed by atoms with van der Waals surface area (Å²) in [5, 5.41) is 0. The van der Waals surface area contributed by atoms with Crippen LogP contribution in [-0.4, -0.2) is 31.5 Å². The van der Waals surface area contributed by atoms with Gasteiger partial charge < -0.3 is 9.64 Å². The number of halogens is 1. The molecule has 1 aromatic carbocycles. The smallest absolute Gasteiger partial charge is 0.209 e. The molecule has 0 bridgehead atoms. The van der Waals surface area contributed by atoms with E-state index in [0.717, 1.165) is 30.4 Å². The van der Waals surface area contributed by atoms with Crippen LogP contribution in [0.2, 0.25) is 0 Å². The molecule has 18 heavy (non-hydrogen) atoms. The van der Waals surface area contributed by atoms with Crippen molar-refractivity contribution in [3.63, 3.8) is 0 Å². The number of piperidine rings is 1. The molecule has 0 radical (unpaired) electrons. The summed E-state index contributed by atoms with van der Waals surface area (Å²) in [6.07, 6.45) is 2.51. The normalized spacial score (nSPS) is 16.7. The van der Waals surface area contributed by atoms with Crippen LogP contribution in [0.5, 0.6) is 5.75 Å². The zero-order chi connectivity index (χ0) is 13.1. The first-order valence-electron chi connectivity index (χ1n) is 6.19. The van der Waals surface area contributed by atoms with Gasteiger partial charge in [-0.05, 0) is 42.9 Å². The second-order valence-corrected chi connectivity index (χ2v) is 4.76. The molecule has 0 aromatic heterocycles. The summed E-state index contributed by atoms with van der Waals surface area (Å²) in [6, 6.07) is 3.33. The Morgan fingerprint density at radius 3 is 2.61 bits per heavy atom. The van der Waals surface area contributed by atoms with Gasteiger partial charge in [-0.15, -0.1) is 0 Å². The number of carbonyl (C=O) groups is 1. The highest BCUT2D eigenvalue weighted by atomic mass is 19.1. The van der Waals surface area contributed by atoms with E-state index in [1.807, 2.05) is 13.0 Å². The van der Waals surface area contributed by atoms with Gasteiger partial charge in [-0.1, -0.05) is 0 Å². The largest absolute Gasteiger partial charge is 0.496 e. The van der Waals surface area contributed by atoms with Crippen LogP contribution in [0.4, 0.5) is 4.39 Å². The molecule has 4 heteroatoms. The highest BCUT2D eigenvalue weighted by Crippen LogP contribution is 2.32. The summed E-state index contributed by atoms with van der Waals surface area (Å²) in [5.74, 6) is 0.578. The van der Waals surface area contributed by atoms with Crippen molar-refractivity contribution in [2.75, 3.05) is 20.2 Å². The SMILES string of the molecule is COc1cc(F)c(C2CCN(C=O)CC2)cc1C. The van der Waals surface area contributed by atoms with Gasteiger partial charge in [0.25, 0.3) is 0 Å². The van der Waals surface area contributed by atoms with E-state index in [1.165, 1.54) is 6.07 Å². The summed E-state index contributed by atoms with van der Waals surface area (Å²) in [7, 11) is 1.55. The van der Waals surface area contributed by atoms with Crippen LogP contribution in [-0.2, 0) is 4.79 Å². The molecule has 0 saturated carbocycles. The van der Waals surface area contributed by atoms with E-state index in [0.29, 0.717) is 18.8 Å². The van der Waals surface area contributed by atoms with Crippen molar-refractivity contribution in [2.45, 2.75) is 25.7 Å². The third kappa shape index (κ3) is 2.47. The number of hydrogen-bond donors (Lipinski definition) is 0. The van der Waals surface area contributed by atoms with Gasteiger partial charge in [0.15, 0.2) is 0 Å². The Labute approximate surface area is 107 Å². The number of ether oxygens (including phenoxy) is 1. The van der Waals surface area contributed by atoms with E-state index in [2.05, 4.69) is 0 Å². The average Bonchev–Trinajstić information content (AvgIpc) is 2.41. The molecule has 1 fully saturated rings. The first kappa shape index (κ1) is 12.9. The lowest BCUT2D eigenvalue weighted by Gasteiger charge is -2.29. The molecular formula is C14H18FNO2. The van der Waals surface area contributed by atoms with Crippen molar-refractivity contribution < 1.29 is 13.9 Å². The fraction of sp³-hybridized carbons (Fsp3) is 0.500. The topological polar surface area (TPSA) is 29.5 Å². The molecule has 3 nitrogen and oxygen atoms in total. The number of amides is 1. The number of likely N-dealkylation sites (tertiary alicyclic amines) is 1. The van der Waals surface area contributed by atoms with Crippen molar-refractivity contribution in [3.05, 3.63) is 29.1 Å². The van der Waals surface area contributed by atoms with Crippen LogP contribution in [0.25, 0.3) is 0 Å². The first-order valence-corrected chi connectivity index (χ1v) is 6.19. The molecule has 1 saturated heterocycles. The Hall–Kier alpha value is -1.58. The molecule has 1 aliphatic rings. The lowest BCUT2D eigenvalue weighted by molar-refractivity contribution is -0.119. The molecule has 98 valence electrons. The fourth-order valence-corrected chi connectivity index (χ4v) is 2.53. The molecule has 0 N–H and O–H groups in total. The molecule has 2 rings (SSSR count). The number of nitrogens with zero attached hydrogens (tertiary/aromatic N) is 1. The van der Waals surface area contributed by atoms with E-state index in [1.54, 1.807) is 12.0 Å². The Kier molecular flexibility index (Phi) is 3.84. The van der Waals surface area contributed by atoms with Gasteiger partial charge in [0.1, 0.15) is 11.6 Å². The van der Waals surface area contributed by atoms with Crippen LogP contribution >= 0.6 is 0 Å². The highest BCUT2D eigenvalue weighted by molar-refractivity contribution is 5.47. The third-order valence-electron chi connectivity index (χ3n) is 3.63. The van der Waals surface area contributed by atoms with Gasteiger partial charge in [0.05, 0.1) is 7.11 Å². The summed E-state index contributed by atoms with van der Waals surface area (Å²) in [6.45, 7) is 3.33. The van der Waals surface area contributed by atoms with Crippen molar-refractivity contribution in [3.8, 4) is 5.75 Å². The molecule has 1 aliphatic heterocycles. The van der Waals surface area contributed by atoms with Crippen LogP contribution in [0.15, 0.2) is 12.1 Å². The Bertz CT molecular complexity index is 440. The van der Waals surface area contributed by atoms with E-state index in [-0.39, 0.29) is 11.7 Å². The van der Waals surface area contributed by atoms with E-state index in [4.69, 9.17) is 4.74 Å². The summed E-state index contributed by atoms with van der Waals surface area (Å²) in [4.78, 5) is 12.4. The predicted octanol–water partition coefficient (Wildman–Crippen LogP) is 2.48. The maximum atomic E-state index is 14.0. The Balaban J connectivity index is 2.19. The van der Waals surface area contributed by atoms with Crippen molar-refractivity contribution in [1.29, 1.82) is 0 Å². The van der Waals surface area contributed by atoms with Crippen LogP contribution in [0.1, 0.15) is 29.9 Å². The zero-order valence-electron chi connectivity index (χ0n) is 10.8. The molecule has 1 amide bonds. The number of rotatable bonds is 3. The quantitative estimate of drug-likeness (QED) is 0.772. The molecule has 0 unspecified atom stereocenters. The number of hydrogen-bond acceptors (Lipinski definition) is 2. The maximum Gasteiger partial charge on any atom is 0.209 e. The molecule has 0 spiro atoms. The number of benzene rings is 1. The Morgan fingerprint density at radius 1 is 1.39 bits per heavy atom. The number of carbonyl (C=O) groups excluding carboxylic acids is 1. The molecular weight excluding hydrogens is 233 g/mol. The van der Waals surface area contributed by atoms with Crippen molar-refractivity contribution in [1.82, 2.24) is 4.90 Å². The average molecular weight is 251 g/mol. The van der Waals surface area contributed by atoms with Gasteiger partial charge in [-0.2, -0.15) is 0 Å². The molecule has 1 aromatic rings. The number of methoxy groups -OCH3 is 1. The summed E-state index contributed by atoms with van der Waals surface area (Å²) >= 11 is 0. The second kappa shape index (κ2) is 5.38. The molecule has 0 atom stereocenters. The standard InChI is InChI=1S/C14H18FNO2/c1-10-7-12(13(15)8-14(10)18-2)11-3-5-16(9-17)6-4-11/h7-9,11H,3-6H2,1-2H3. The van der Waals surface area contributed by atoms with Gasteiger partial charge in [0.2, 0.25) is 6.41 Å². The minimum Gasteiger partial charge on any atom is -0.496 e. The predicted molar refractivity (Wildman–Crippen MR) is 67.3 cm³/mol. The minimum atomic E-state index is -0.206. The van der Waals surface area contributed by atoms with Crippen LogP contribution in [0, 0.1) is 12.7 Å². The van der Waals surface area contributed by atoms with Gasteiger partial charge in [-0.25, -0.2) is 4.39 Å². The summed E-state index contributed by atoms with van der Waals surface area (Å²) in [5.41, 5.74) is 1.70. The van der Waals surface area contributed by atoms with Gasteiger partial charge in [0, 0.05) is 19.2 Å². The van der Waals surface area contributed by atoms with Crippen LogP contribution < -0.4 is 4.74 Å². The third-order valence-corrected chi connectivity index (χ3v) is 3.63. The lowest BCUT2D eigenvalue weighted by Crippen LogP contribution is -2.31. The van der Waals surface area contributed by atoms with Crippen molar-refractivity contribution in [2.24, 2.45) is 0 Å². The van der Waals surface area contributed by atoms with Crippen LogP contribution in [0.3, 0.4) is 0 Å². The molecule has 0 aliphatic carbocycles. The summed E-state index contributed by atoms with van der Waals surface area (Å²) < 4.78 is 19.1. The van der Waals surface area contributed by atoms with Gasteiger partial charge >= 0.3 is 0 Å². The number of aryl methyl sites for hydroxylation is 1. The van der Waals surface area contributed by atoms with E-state index < -0.39 is 0 Å². The Morgan fingerprint density at radius 2 is 2.06 bits per heavy atom. The highest BCUT2D eigenvalue weighted by Gasteiger charge is 2.23. The van der Waals surface area contributed by atoms with Crippen molar-refractivity contribution >= 4 is 6.41 Å². The lowest BCUT2D eigenvalue weighted by atomic mass is 9.88. The fourth-order valence-electron chi connectivity index (χ4n) is 2.53. The first-order chi connectivity index (χ1) is 8.65. The zero-order valence-corrected chi connectivity index (χ0v) is 10.8. The van der Waals surface area contributed by atoms with Gasteiger partial charge in [-0.3, -0.25) is 4.79 Å². The minimum absolute atomic E-state index is 0.200. The maximum absolute atomic E-state index is 14.0.